The number of imidazole rings is 1. The third-order valence-corrected chi connectivity index (χ3v) is 6.63. The Morgan fingerprint density at radius 3 is 1.77 bits per heavy atom. The number of hydrogen-bond acceptors (Lipinski definition) is 6. The second-order valence-corrected chi connectivity index (χ2v) is 8.78. The fraction of sp³-hybridized carbons (Fsp3) is 0.667. The van der Waals surface area contributed by atoms with Gasteiger partial charge in [0.15, 0.2) is 13.2 Å². The van der Waals surface area contributed by atoms with Crippen molar-refractivity contribution in [1.29, 1.82) is 0 Å². The average molecular weight is 438 g/mol. The molecule has 2 unspecified atom stereocenters. The minimum absolute atomic E-state index is 0.0483. The van der Waals surface area contributed by atoms with Gasteiger partial charge in [0.2, 0.25) is 0 Å². The third kappa shape index (κ3) is 6.05. The van der Waals surface area contributed by atoms with Crippen molar-refractivity contribution in [1.82, 2.24) is 9.55 Å². The Morgan fingerprint density at radius 1 is 1.04 bits per heavy atom. The lowest BCUT2D eigenvalue weighted by molar-refractivity contribution is -0.158. The van der Waals surface area contributed by atoms with E-state index < -0.39 is 52.3 Å². The summed E-state index contributed by atoms with van der Waals surface area (Å²) in [6.07, 6.45) is -8.81. The molecular formula is C9H12F6N2O7P2. The Labute approximate surface area is 144 Å². The fourth-order valence-electron chi connectivity index (χ4n) is 1.29. The van der Waals surface area contributed by atoms with E-state index in [0.717, 1.165) is 6.20 Å². The molecule has 0 spiro atoms. The number of aromatic nitrogens is 2. The molecule has 0 fully saturated rings. The van der Waals surface area contributed by atoms with Crippen LogP contribution in [0.25, 0.3) is 0 Å². The zero-order valence-electron chi connectivity index (χ0n) is 14.2. The highest BCUT2D eigenvalue weighted by atomic mass is 31.2. The summed E-state index contributed by atoms with van der Waals surface area (Å²) in [4.78, 5) is 22.7. The van der Waals surface area contributed by atoms with Gasteiger partial charge in [-0.3, -0.25) is 18.2 Å². The molecule has 17 heteroatoms. The Morgan fingerprint density at radius 2 is 1.46 bits per heavy atom. The summed E-state index contributed by atoms with van der Waals surface area (Å²) >= 11 is 0. The first-order valence-corrected chi connectivity index (χ1v) is 9.21. The van der Waals surface area contributed by atoms with Crippen molar-refractivity contribution in [2.24, 2.45) is 0 Å². The molecule has 152 valence electrons. The fourth-order valence-corrected chi connectivity index (χ4v) is 4.40. The van der Waals surface area contributed by atoms with Gasteiger partial charge in [-0.2, -0.15) is 26.3 Å². The molecule has 0 bridgehead atoms. The maximum Gasteiger partial charge on any atom is 0.412 e. The van der Waals surface area contributed by atoms with Crippen LogP contribution in [0.15, 0.2) is 18.7 Å². The van der Waals surface area contributed by atoms with Crippen LogP contribution in [0.5, 0.6) is 0 Å². The van der Waals surface area contributed by atoms with E-state index in [1.165, 1.54) is 0 Å². The standard InChI is InChI=1S/C9H12F6N2O7P2/c10-7(11,12)4-23-25(19,20)9(18,3-17-2-1-16-6-17)26(21,22)24-5-8(13,14)15/h1-2,6,18H,3-5H2,(H,19,20)(H,21,22)/i3D2. The van der Waals surface area contributed by atoms with Gasteiger partial charge in [-0.1, -0.05) is 0 Å². The lowest BCUT2D eigenvalue weighted by Crippen LogP contribution is -2.37. The maximum atomic E-state index is 12.3. The topological polar surface area (TPSA) is 131 Å². The van der Waals surface area contributed by atoms with Crippen molar-refractivity contribution in [3.63, 3.8) is 0 Å². The van der Waals surface area contributed by atoms with Gasteiger partial charge in [0, 0.05) is 12.4 Å². The molecule has 0 saturated heterocycles. The number of nitrogens with zero attached hydrogens (tertiary/aromatic N) is 2. The van der Waals surface area contributed by atoms with Crippen LogP contribution < -0.4 is 0 Å². The first-order chi connectivity index (χ1) is 12.3. The Bertz CT molecular complexity index is 734. The van der Waals surface area contributed by atoms with E-state index in [0.29, 0.717) is 12.5 Å². The van der Waals surface area contributed by atoms with Crippen molar-refractivity contribution in [3.05, 3.63) is 18.7 Å². The van der Waals surface area contributed by atoms with E-state index in [2.05, 4.69) is 14.0 Å². The van der Waals surface area contributed by atoms with Crippen LogP contribution in [0.1, 0.15) is 2.74 Å². The zero-order chi connectivity index (χ0) is 22.2. The minimum Gasteiger partial charge on any atom is -0.366 e. The molecule has 26 heavy (non-hydrogen) atoms. The number of rotatable bonds is 8. The number of aliphatic hydroxyl groups is 1. The second-order valence-electron chi connectivity index (χ2n) is 4.54. The van der Waals surface area contributed by atoms with Gasteiger partial charge >= 0.3 is 27.5 Å². The molecule has 0 amide bonds. The van der Waals surface area contributed by atoms with Gasteiger partial charge in [0.25, 0.3) is 5.08 Å². The van der Waals surface area contributed by atoms with Crippen molar-refractivity contribution in [2.75, 3.05) is 13.2 Å². The highest BCUT2D eigenvalue weighted by molar-refractivity contribution is 7.72. The molecular weight excluding hydrogens is 424 g/mol. The van der Waals surface area contributed by atoms with Crippen molar-refractivity contribution < 1.29 is 62.2 Å². The molecule has 0 aliphatic carbocycles. The Balaban J connectivity index is 3.54. The highest BCUT2D eigenvalue weighted by Gasteiger charge is 2.64. The molecule has 1 rings (SSSR count). The van der Waals surface area contributed by atoms with Gasteiger partial charge in [-0.25, -0.2) is 4.98 Å². The summed E-state index contributed by atoms with van der Waals surface area (Å²) in [7, 11) is -13.1. The zero-order valence-corrected chi connectivity index (χ0v) is 14.0. The van der Waals surface area contributed by atoms with Crippen LogP contribution in [-0.2, 0) is 24.7 Å². The van der Waals surface area contributed by atoms with E-state index in [-0.39, 0.29) is 4.57 Å². The predicted molar refractivity (Wildman–Crippen MR) is 70.8 cm³/mol. The van der Waals surface area contributed by atoms with Crippen LogP contribution in [0.2, 0.25) is 0 Å². The first-order valence-electron chi connectivity index (χ1n) is 7.06. The van der Waals surface area contributed by atoms with Crippen LogP contribution in [0, 0.1) is 0 Å². The molecule has 0 aliphatic rings. The van der Waals surface area contributed by atoms with E-state index in [4.69, 9.17) is 2.74 Å². The second kappa shape index (κ2) is 7.58. The monoisotopic (exact) mass is 438 g/mol. The van der Waals surface area contributed by atoms with Crippen LogP contribution in [0.4, 0.5) is 26.3 Å². The molecule has 1 aromatic rings. The molecule has 3 N–H and O–H groups in total. The molecule has 0 aliphatic heterocycles. The SMILES string of the molecule is [2H]C([2H])(n1ccnc1)C(O)(P(=O)(O)OCC(F)(F)F)P(=O)(O)OCC(F)(F)F. The molecule has 2 atom stereocenters. The van der Waals surface area contributed by atoms with Gasteiger partial charge < -0.3 is 19.5 Å². The van der Waals surface area contributed by atoms with E-state index in [1.807, 2.05) is 0 Å². The molecule has 1 aromatic heterocycles. The summed E-state index contributed by atoms with van der Waals surface area (Å²) in [5.74, 6) is 0. The van der Waals surface area contributed by atoms with E-state index in [9.17, 15) is 50.4 Å². The number of alkyl halides is 6. The lowest BCUT2D eigenvalue weighted by atomic mass is 10.6. The first kappa shape index (κ1) is 19.8. The summed E-state index contributed by atoms with van der Waals surface area (Å²) < 4.78 is 121. The third-order valence-electron chi connectivity index (χ3n) is 2.38. The minimum atomic E-state index is -6.57. The molecule has 0 saturated carbocycles. The predicted octanol–water partition coefficient (Wildman–Crippen LogP) is 2.06. The number of halogens is 6. The maximum absolute atomic E-state index is 12.3. The van der Waals surface area contributed by atoms with Crippen molar-refractivity contribution >= 4 is 15.2 Å². The normalized spacial score (nSPS) is 21.9. The van der Waals surface area contributed by atoms with Crippen molar-refractivity contribution in [2.45, 2.75) is 23.9 Å². The quantitative estimate of drug-likeness (QED) is 0.415. The number of hydrogen-bond donors (Lipinski definition) is 3. The van der Waals surface area contributed by atoms with Gasteiger partial charge in [0.05, 0.1) is 15.6 Å². The summed E-state index contributed by atoms with van der Waals surface area (Å²) in [5.41, 5.74) is 0. The smallest absolute Gasteiger partial charge is 0.366 e. The highest BCUT2D eigenvalue weighted by Crippen LogP contribution is 2.73. The lowest BCUT2D eigenvalue weighted by Gasteiger charge is -2.34. The van der Waals surface area contributed by atoms with E-state index >= 15 is 0 Å². The van der Waals surface area contributed by atoms with Crippen molar-refractivity contribution in [3.8, 4) is 0 Å². The van der Waals surface area contributed by atoms with Gasteiger partial charge in [0.1, 0.15) is 0 Å². The molecule has 0 aromatic carbocycles. The van der Waals surface area contributed by atoms with Crippen LogP contribution in [-0.4, -0.2) is 55.1 Å². The van der Waals surface area contributed by atoms with Crippen LogP contribution in [0.3, 0.4) is 0 Å². The van der Waals surface area contributed by atoms with Gasteiger partial charge in [-0.15, -0.1) is 0 Å². The van der Waals surface area contributed by atoms with Crippen LogP contribution >= 0.6 is 15.2 Å². The van der Waals surface area contributed by atoms with E-state index in [1.54, 1.807) is 0 Å². The summed E-state index contributed by atoms with van der Waals surface area (Å²) in [6.45, 7) is -9.22. The summed E-state index contributed by atoms with van der Waals surface area (Å²) in [6, 6.07) is 0. The molecule has 0 radical (unpaired) electrons. The largest absolute Gasteiger partial charge is 0.412 e. The summed E-state index contributed by atoms with van der Waals surface area (Å²) in [5, 5.41) is 5.51. The molecule has 1 heterocycles. The Kier molecular flexibility index (Phi) is 5.78. The Hall–Kier alpha value is -0.950. The molecule has 9 nitrogen and oxygen atoms in total. The average Bonchev–Trinajstić information content (AvgIpc) is 3.04. The van der Waals surface area contributed by atoms with Gasteiger partial charge in [-0.05, 0) is 0 Å².